The van der Waals surface area contributed by atoms with E-state index in [0.29, 0.717) is 12.0 Å². The molecule has 1 atom stereocenters. The zero-order valence-corrected chi connectivity index (χ0v) is 20.6. The Labute approximate surface area is 214 Å². The molecule has 0 spiro atoms. The molecule has 0 aliphatic heterocycles. The maximum Gasteiger partial charge on any atom is 0.521 e. The second-order valence-electron chi connectivity index (χ2n) is 8.03. The SMILES string of the molecule is Cc1cccc(-c2[nH]c(Cc3cccc(C(N)=O)c3)nc2-c2ccc3ncccc3c2)n1.O=[P+]([O-])OO.[HH]. The van der Waals surface area contributed by atoms with Crippen molar-refractivity contribution in [3.63, 3.8) is 0 Å². The number of nitrogens with two attached hydrogens (primary N) is 1. The highest BCUT2D eigenvalue weighted by Gasteiger charge is 2.16. The average molecular weight is 517 g/mol. The molecule has 10 nitrogen and oxygen atoms in total. The van der Waals surface area contributed by atoms with Crippen LogP contribution in [0.25, 0.3) is 33.5 Å². The van der Waals surface area contributed by atoms with Gasteiger partial charge in [0.2, 0.25) is 5.91 Å². The van der Waals surface area contributed by atoms with Gasteiger partial charge in [0, 0.05) is 40.9 Å². The highest BCUT2D eigenvalue weighted by molar-refractivity contribution is 7.30. The number of amides is 1. The molecule has 0 aliphatic carbocycles. The topological polar surface area (TPSA) is 167 Å². The Kier molecular flexibility index (Phi) is 8.07. The van der Waals surface area contributed by atoms with Gasteiger partial charge >= 0.3 is 8.25 Å². The van der Waals surface area contributed by atoms with E-state index in [0.717, 1.165) is 50.6 Å². The van der Waals surface area contributed by atoms with E-state index in [9.17, 15) is 4.79 Å². The van der Waals surface area contributed by atoms with Crippen LogP contribution in [-0.2, 0) is 15.7 Å². The predicted octanol–water partition coefficient (Wildman–Crippen LogP) is 4.42. The zero-order valence-electron chi connectivity index (χ0n) is 19.7. The highest BCUT2D eigenvalue weighted by atomic mass is 31.1. The lowest BCUT2D eigenvalue weighted by molar-refractivity contribution is -0.244. The number of pyridine rings is 2. The van der Waals surface area contributed by atoms with Crippen molar-refractivity contribution in [2.45, 2.75) is 13.3 Å². The number of fused-ring (bicyclic) bond motifs is 1. The van der Waals surface area contributed by atoms with E-state index in [-0.39, 0.29) is 1.43 Å². The van der Waals surface area contributed by atoms with Crippen molar-refractivity contribution in [1.82, 2.24) is 19.9 Å². The van der Waals surface area contributed by atoms with Gasteiger partial charge in [-0.2, -0.15) is 0 Å². The van der Waals surface area contributed by atoms with Crippen LogP contribution in [0.5, 0.6) is 0 Å². The third-order valence-electron chi connectivity index (χ3n) is 5.42. The van der Waals surface area contributed by atoms with Crippen molar-refractivity contribution < 1.29 is 25.6 Å². The monoisotopic (exact) mass is 517 g/mol. The molecule has 0 bridgehead atoms. The van der Waals surface area contributed by atoms with E-state index < -0.39 is 14.2 Å². The first kappa shape index (κ1) is 25.7. The lowest BCUT2D eigenvalue weighted by atomic mass is 10.1. The summed E-state index contributed by atoms with van der Waals surface area (Å²) in [7, 11) is -3.04. The molecule has 1 unspecified atom stereocenters. The number of aryl methyl sites for hydroxylation is 1. The maximum atomic E-state index is 11.6. The molecule has 5 rings (SSSR count). The van der Waals surface area contributed by atoms with Crippen molar-refractivity contribution in [3.05, 3.63) is 102 Å². The van der Waals surface area contributed by atoms with Crippen LogP contribution in [0.15, 0.2) is 79.0 Å². The molecule has 0 saturated carbocycles. The molecule has 4 N–H and O–H groups in total. The Morgan fingerprint density at radius 1 is 1.11 bits per heavy atom. The molecule has 5 aromatic rings. The van der Waals surface area contributed by atoms with E-state index in [1.807, 2.05) is 61.5 Å². The molecule has 3 aromatic heterocycles. The number of imidazole rings is 1. The number of H-pyrrole nitrogens is 1. The molecule has 0 aliphatic rings. The fourth-order valence-corrected chi connectivity index (χ4v) is 3.83. The average Bonchev–Trinajstić information content (AvgIpc) is 3.32. The second kappa shape index (κ2) is 11.6. The van der Waals surface area contributed by atoms with Gasteiger partial charge in [-0.3, -0.25) is 14.8 Å². The summed E-state index contributed by atoms with van der Waals surface area (Å²) in [5, 5.41) is 8.10. The molecule has 0 radical (unpaired) electrons. The first-order valence-corrected chi connectivity index (χ1v) is 12.2. The van der Waals surface area contributed by atoms with Gasteiger partial charge in [-0.1, -0.05) is 30.3 Å². The third kappa shape index (κ3) is 6.46. The quantitative estimate of drug-likeness (QED) is 0.169. The van der Waals surface area contributed by atoms with Crippen LogP contribution >= 0.6 is 8.25 Å². The van der Waals surface area contributed by atoms with Crippen LogP contribution in [0.4, 0.5) is 0 Å². The fraction of sp³-hybridized carbons (Fsp3) is 0.0769. The van der Waals surface area contributed by atoms with E-state index >= 15 is 0 Å². The number of aromatic amines is 1. The summed E-state index contributed by atoms with van der Waals surface area (Å²) < 4.78 is 11.6. The molecular weight excluding hydrogens is 493 g/mol. The number of rotatable bonds is 6. The number of carbonyl (C=O) groups excluding carboxylic acids is 1. The molecule has 11 heteroatoms. The maximum absolute atomic E-state index is 11.6. The number of nitrogens with zero attached hydrogens (tertiary/aromatic N) is 3. The lowest BCUT2D eigenvalue weighted by Gasteiger charge is -2.05. The Morgan fingerprint density at radius 2 is 1.89 bits per heavy atom. The number of aromatic nitrogens is 4. The summed E-state index contributed by atoms with van der Waals surface area (Å²) in [6.07, 6.45) is 2.33. The molecule has 0 saturated heterocycles. The van der Waals surface area contributed by atoms with Crippen LogP contribution in [0.3, 0.4) is 0 Å². The van der Waals surface area contributed by atoms with E-state index in [1.165, 1.54) is 0 Å². The number of hydrogen-bond donors (Lipinski definition) is 3. The number of nitrogens with one attached hydrogen (secondary N) is 1. The van der Waals surface area contributed by atoms with Gasteiger partial charge in [0.25, 0.3) is 0 Å². The number of benzene rings is 2. The summed E-state index contributed by atoms with van der Waals surface area (Å²) in [5.41, 5.74) is 12.2. The van der Waals surface area contributed by atoms with E-state index in [4.69, 9.17) is 30.4 Å². The van der Waals surface area contributed by atoms with Gasteiger partial charge in [-0.25, -0.2) is 10.2 Å². The third-order valence-corrected chi connectivity index (χ3v) is 5.56. The number of carbonyl (C=O) groups is 1. The number of primary amides is 1. The summed E-state index contributed by atoms with van der Waals surface area (Å²) >= 11 is 0. The zero-order chi connectivity index (χ0) is 26.4. The first-order chi connectivity index (χ1) is 17.8. The van der Waals surface area contributed by atoms with Crippen molar-refractivity contribution >= 4 is 25.1 Å². The van der Waals surface area contributed by atoms with Crippen LogP contribution in [0, 0.1) is 6.92 Å². The van der Waals surface area contributed by atoms with Gasteiger partial charge in [0.15, 0.2) is 0 Å². The van der Waals surface area contributed by atoms with Crippen LogP contribution in [-0.4, -0.2) is 31.1 Å². The minimum atomic E-state index is -3.04. The van der Waals surface area contributed by atoms with E-state index in [2.05, 4.69) is 20.7 Å². The standard InChI is InChI=1S/C26H21N5O.HO4P.H2/c1-16-5-2-9-22(29-16)25-24(19-10-11-21-18(15-19)8-4-12-28-21)30-23(31-25)14-17-6-3-7-20(13-17)26(27)32;1-4-5(2)3;/h2-13,15H,14H2,1H3,(H2,27,32)(H,30,31);1H;1H. The largest absolute Gasteiger partial charge is 0.565 e. The van der Waals surface area contributed by atoms with Crippen molar-refractivity contribution in [3.8, 4) is 22.6 Å². The highest BCUT2D eigenvalue weighted by Crippen LogP contribution is 2.31. The lowest BCUT2D eigenvalue weighted by Crippen LogP contribution is -2.11. The molecular formula is C26H24N5O5P. The summed E-state index contributed by atoms with van der Waals surface area (Å²) in [5.74, 6) is 0.340. The minimum Gasteiger partial charge on any atom is -0.565 e. The number of hydrogen-bond acceptors (Lipinski definition) is 8. The molecule has 188 valence electrons. The van der Waals surface area contributed by atoms with Crippen molar-refractivity contribution in [1.29, 1.82) is 0 Å². The summed E-state index contributed by atoms with van der Waals surface area (Å²) in [6, 6.07) is 23.3. The van der Waals surface area contributed by atoms with Gasteiger partial charge in [-0.15, -0.1) is 0 Å². The van der Waals surface area contributed by atoms with Crippen molar-refractivity contribution in [2.24, 2.45) is 5.73 Å². The van der Waals surface area contributed by atoms with Gasteiger partial charge in [0.05, 0.1) is 22.6 Å². The van der Waals surface area contributed by atoms with Gasteiger partial charge in [-0.05, 0) is 59.5 Å². The fourth-order valence-electron chi connectivity index (χ4n) is 3.83. The van der Waals surface area contributed by atoms with Crippen LogP contribution < -0.4 is 10.6 Å². The van der Waals surface area contributed by atoms with Crippen LogP contribution in [0.2, 0.25) is 0 Å². The van der Waals surface area contributed by atoms with Gasteiger partial charge < -0.3 is 15.6 Å². The Hall–Kier alpha value is -4.34. The Morgan fingerprint density at radius 3 is 2.62 bits per heavy atom. The molecule has 1 amide bonds. The molecule has 3 heterocycles. The predicted molar refractivity (Wildman–Crippen MR) is 138 cm³/mol. The Bertz CT molecular complexity index is 1590. The Balaban J connectivity index is 0.000000612. The first-order valence-electron chi connectivity index (χ1n) is 11.1. The smallest absolute Gasteiger partial charge is 0.521 e. The van der Waals surface area contributed by atoms with Gasteiger partial charge in [0.1, 0.15) is 5.82 Å². The summed E-state index contributed by atoms with van der Waals surface area (Å²) in [4.78, 5) is 38.0. The van der Waals surface area contributed by atoms with E-state index in [1.54, 1.807) is 18.3 Å². The molecule has 2 aromatic carbocycles. The molecule has 37 heavy (non-hydrogen) atoms. The van der Waals surface area contributed by atoms with Crippen molar-refractivity contribution in [2.75, 3.05) is 0 Å². The normalized spacial score (nSPS) is 11.1. The van der Waals surface area contributed by atoms with Crippen LogP contribution in [0.1, 0.15) is 28.9 Å². The summed E-state index contributed by atoms with van der Waals surface area (Å²) in [6.45, 7) is 1.97. The molecule has 0 fully saturated rings. The second-order valence-corrected chi connectivity index (χ2v) is 8.64. The minimum absolute atomic E-state index is 0.